The quantitative estimate of drug-likeness (QED) is 0.304. The van der Waals surface area contributed by atoms with Gasteiger partial charge in [0.05, 0.1) is 6.42 Å². The lowest BCUT2D eigenvalue weighted by Crippen LogP contribution is -2.23. The van der Waals surface area contributed by atoms with Crippen LogP contribution >= 0.6 is 0 Å². The molecule has 0 aliphatic carbocycles. The van der Waals surface area contributed by atoms with Crippen LogP contribution in [0.2, 0.25) is 0 Å². The topological polar surface area (TPSA) is 84.0 Å². The highest BCUT2D eigenvalue weighted by Crippen LogP contribution is 1.82. The first-order valence-electron chi connectivity index (χ1n) is 2.40. The maximum atomic E-state index is 10.4. The van der Waals surface area contributed by atoms with Crippen LogP contribution in [0.25, 0.3) is 0 Å². The summed E-state index contributed by atoms with van der Waals surface area (Å²) in [7, 11) is 0. The van der Waals surface area contributed by atoms with E-state index in [-0.39, 0.29) is 12.2 Å². The first-order valence-corrected chi connectivity index (χ1v) is 2.40. The van der Waals surface area contributed by atoms with E-state index < -0.39 is 11.6 Å². The average Bonchev–Trinajstić information content (AvgIpc) is 1.63. The second kappa shape index (κ2) is 2.96. The van der Waals surface area contributed by atoms with Gasteiger partial charge in [0.15, 0.2) is 5.84 Å². The van der Waals surface area contributed by atoms with Crippen LogP contribution in [0.3, 0.4) is 0 Å². The lowest BCUT2D eigenvalue weighted by molar-refractivity contribution is -0.122. The van der Waals surface area contributed by atoms with Gasteiger partial charge in [0.1, 0.15) is 5.78 Å². The highest BCUT2D eigenvalue weighted by Gasteiger charge is 2.06. The summed E-state index contributed by atoms with van der Waals surface area (Å²) >= 11 is 0. The van der Waals surface area contributed by atoms with Gasteiger partial charge in [-0.2, -0.15) is 0 Å². The van der Waals surface area contributed by atoms with Crippen LogP contribution < -0.4 is 5.73 Å². The third-order valence-corrected chi connectivity index (χ3v) is 0.710. The predicted octanol–water partition coefficient (Wildman–Crippen LogP) is -0.529. The first kappa shape index (κ1) is 7.81. The van der Waals surface area contributed by atoms with Crippen molar-refractivity contribution in [3.8, 4) is 0 Å². The smallest absolute Gasteiger partial charge is 0.204 e. The van der Waals surface area contributed by atoms with Crippen LogP contribution in [-0.2, 0) is 9.59 Å². The first-order chi connectivity index (χ1) is 4.04. The lowest BCUT2D eigenvalue weighted by atomic mass is 10.2. The molecule has 4 nitrogen and oxygen atoms in total. The summed E-state index contributed by atoms with van der Waals surface area (Å²) in [6.45, 7) is 1.28. The number of hydrogen-bond donors (Lipinski definition) is 2. The maximum Gasteiger partial charge on any atom is 0.204 e. The summed E-state index contributed by atoms with van der Waals surface area (Å²) in [5.74, 6) is -1.43. The number of carbonyl (C=O) groups is 2. The second-order valence-corrected chi connectivity index (χ2v) is 1.72. The molecule has 0 fully saturated rings. The molecule has 50 valence electrons. The van der Waals surface area contributed by atoms with Gasteiger partial charge in [-0.1, -0.05) is 0 Å². The molecule has 0 amide bonds. The van der Waals surface area contributed by atoms with Gasteiger partial charge in [-0.05, 0) is 6.92 Å². The zero-order valence-electron chi connectivity index (χ0n) is 5.10. The van der Waals surface area contributed by atoms with E-state index in [2.05, 4.69) is 0 Å². The number of hydrogen-bond acceptors (Lipinski definition) is 3. The molecule has 0 saturated carbocycles. The van der Waals surface area contributed by atoms with Crippen molar-refractivity contribution in [3.63, 3.8) is 0 Å². The molecule has 0 aromatic rings. The van der Waals surface area contributed by atoms with Crippen molar-refractivity contribution in [1.29, 1.82) is 5.41 Å². The standard InChI is InChI=1S/C5H8N2O2/c1-3(8)2-4(9)5(6)7/h2H2,1H3,(H3,6,7). The van der Waals surface area contributed by atoms with Gasteiger partial charge in [-0.25, -0.2) is 0 Å². The molecule has 0 radical (unpaired) electrons. The minimum atomic E-state index is -0.609. The summed E-state index contributed by atoms with van der Waals surface area (Å²) in [6, 6.07) is 0. The van der Waals surface area contributed by atoms with E-state index in [1.807, 2.05) is 0 Å². The molecule has 0 atom stereocenters. The van der Waals surface area contributed by atoms with Crippen molar-refractivity contribution in [2.24, 2.45) is 5.73 Å². The molecule has 0 bridgehead atoms. The Kier molecular flexibility index (Phi) is 2.57. The third-order valence-electron chi connectivity index (χ3n) is 0.710. The van der Waals surface area contributed by atoms with E-state index in [1.165, 1.54) is 6.92 Å². The fourth-order valence-corrected chi connectivity index (χ4v) is 0.321. The fraction of sp³-hybridized carbons (Fsp3) is 0.400. The molecule has 0 aliphatic rings. The summed E-state index contributed by atoms with van der Waals surface area (Å²) in [4.78, 5) is 20.6. The molecular formula is C5H8N2O2. The molecule has 4 heteroatoms. The van der Waals surface area contributed by atoms with Gasteiger partial charge in [0.25, 0.3) is 0 Å². The fourth-order valence-electron chi connectivity index (χ4n) is 0.321. The van der Waals surface area contributed by atoms with Crippen molar-refractivity contribution in [2.45, 2.75) is 13.3 Å². The Morgan fingerprint density at radius 1 is 1.56 bits per heavy atom. The van der Waals surface area contributed by atoms with Gasteiger partial charge < -0.3 is 5.73 Å². The van der Waals surface area contributed by atoms with Gasteiger partial charge in [-0.3, -0.25) is 15.0 Å². The van der Waals surface area contributed by atoms with E-state index in [1.54, 1.807) is 0 Å². The van der Waals surface area contributed by atoms with Gasteiger partial charge in [0.2, 0.25) is 5.78 Å². The number of Topliss-reactive ketones (excluding diaryl/α,β-unsaturated/α-hetero) is 2. The zero-order valence-corrected chi connectivity index (χ0v) is 5.10. The predicted molar refractivity (Wildman–Crippen MR) is 32.2 cm³/mol. The Morgan fingerprint density at radius 3 is 2.11 bits per heavy atom. The summed E-state index contributed by atoms with van der Waals surface area (Å²) in [6.07, 6.45) is -0.255. The van der Waals surface area contributed by atoms with Crippen LogP contribution in [0.15, 0.2) is 0 Å². The van der Waals surface area contributed by atoms with Gasteiger partial charge in [-0.15, -0.1) is 0 Å². The highest BCUT2D eigenvalue weighted by molar-refractivity contribution is 6.39. The van der Waals surface area contributed by atoms with Crippen LogP contribution in [-0.4, -0.2) is 17.4 Å². The summed E-state index contributed by atoms with van der Waals surface area (Å²) < 4.78 is 0. The van der Waals surface area contributed by atoms with Crippen LogP contribution in [0.1, 0.15) is 13.3 Å². The Hall–Kier alpha value is -1.19. The number of nitrogens with two attached hydrogens (primary N) is 1. The van der Waals surface area contributed by atoms with Crippen LogP contribution in [0.4, 0.5) is 0 Å². The average molecular weight is 128 g/mol. The Labute approximate surface area is 52.5 Å². The second-order valence-electron chi connectivity index (χ2n) is 1.72. The SMILES string of the molecule is CC(=O)CC(=O)C(=N)N. The van der Waals surface area contributed by atoms with Crippen molar-refractivity contribution in [2.75, 3.05) is 0 Å². The molecule has 0 rings (SSSR count). The van der Waals surface area contributed by atoms with E-state index in [4.69, 9.17) is 11.1 Å². The molecule has 3 N–H and O–H groups in total. The van der Waals surface area contributed by atoms with E-state index in [0.717, 1.165) is 0 Å². The lowest BCUT2D eigenvalue weighted by Gasteiger charge is -1.90. The summed E-state index contributed by atoms with van der Waals surface area (Å²) in [5.41, 5.74) is 4.77. The summed E-state index contributed by atoms with van der Waals surface area (Å²) in [5, 5.41) is 6.57. The Bertz CT molecular complexity index is 162. The molecule has 0 aliphatic heterocycles. The van der Waals surface area contributed by atoms with Crippen molar-refractivity contribution in [3.05, 3.63) is 0 Å². The molecule has 0 unspecified atom stereocenters. The molecular weight excluding hydrogens is 120 g/mol. The number of nitrogens with one attached hydrogen (secondary N) is 1. The Balaban J connectivity index is 3.79. The normalized spacial score (nSPS) is 8.56. The van der Waals surface area contributed by atoms with Gasteiger partial charge in [0, 0.05) is 0 Å². The minimum absolute atomic E-state index is 0.255. The highest BCUT2D eigenvalue weighted by atomic mass is 16.1. The Morgan fingerprint density at radius 2 is 2.00 bits per heavy atom. The molecule has 9 heavy (non-hydrogen) atoms. The number of rotatable bonds is 3. The monoisotopic (exact) mass is 128 g/mol. The van der Waals surface area contributed by atoms with Crippen molar-refractivity contribution >= 4 is 17.4 Å². The van der Waals surface area contributed by atoms with Crippen LogP contribution in [0.5, 0.6) is 0 Å². The van der Waals surface area contributed by atoms with E-state index >= 15 is 0 Å². The minimum Gasteiger partial charge on any atom is -0.381 e. The molecule has 0 spiro atoms. The molecule has 0 saturated heterocycles. The van der Waals surface area contributed by atoms with Crippen molar-refractivity contribution in [1.82, 2.24) is 0 Å². The molecule has 0 heterocycles. The van der Waals surface area contributed by atoms with E-state index in [0.29, 0.717) is 0 Å². The molecule has 0 aromatic carbocycles. The number of ketones is 2. The van der Waals surface area contributed by atoms with Crippen LogP contribution in [0, 0.1) is 5.41 Å². The number of carbonyl (C=O) groups excluding carboxylic acids is 2. The van der Waals surface area contributed by atoms with Gasteiger partial charge >= 0.3 is 0 Å². The third kappa shape index (κ3) is 3.40. The largest absolute Gasteiger partial charge is 0.381 e. The van der Waals surface area contributed by atoms with Crippen molar-refractivity contribution < 1.29 is 9.59 Å². The maximum absolute atomic E-state index is 10.4. The number of amidine groups is 1. The zero-order chi connectivity index (χ0) is 7.44. The molecule has 0 aromatic heterocycles. The van der Waals surface area contributed by atoms with E-state index in [9.17, 15) is 9.59 Å².